The number of aliphatic hydroxyl groups excluding tert-OH is 1. The standard InChI is InChI=1S/C86H168O17P2/c1-7-9-11-13-15-17-19-21-23-25-26-27-28-29-30-32-38-42-46-52-59-65-70-85(90)102-81(74-96-83(88)68-62-56-50-44-40-36-34-33-35-39-43-48-54-60-66-78(3)4)76-100-104(92,93)98-72-80(87)73-99-105(94,95)101-77-82(75-97-84(89)69-63-57-53-47-49-55-61-67-79(5)6)103-86(91)71-64-58-51-45-41-37-31-24-22-20-18-16-14-12-10-8-2/h78-82,87H,7-77H2,1-6H3,(H,92,93)(H,94,95)/t80-,81-,82-/m1/s1. The van der Waals surface area contributed by atoms with Gasteiger partial charge in [-0.2, -0.15) is 0 Å². The molecular formula is C86H168O17P2. The summed E-state index contributed by atoms with van der Waals surface area (Å²) in [6, 6.07) is 0. The molecule has 0 heterocycles. The molecule has 2 unspecified atom stereocenters. The first kappa shape index (κ1) is 103. The molecule has 105 heavy (non-hydrogen) atoms. The van der Waals surface area contributed by atoms with Crippen LogP contribution < -0.4 is 0 Å². The van der Waals surface area contributed by atoms with Gasteiger partial charge in [0.05, 0.1) is 26.4 Å². The Morgan fingerprint density at radius 1 is 0.257 bits per heavy atom. The van der Waals surface area contributed by atoms with E-state index in [1.54, 1.807) is 0 Å². The second-order valence-corrected chi connectivity index (χ2v) is 34.8. The number of hydrogen-bond acceptors (Lipinski definition) is 15. The Balaban J connectivity index is 5.22. The lowest BCUT2D eigenvalue weighted by Gasteiger charge is -2.21. The van der Waals surface area contributed by atoms with Crippen molar-refractivity contribution in [1.29, 1.82) is 0 Å². The maximum atomic E-state index is 13.1. The fourth-order valence-electron chi connectivity index (χ4n) is 13.4. The molecule has 0 aliphatic carbocycles. The van der Waals surface area contributed by atoms with Gasteiger partial charge in [0, 0.05) is 25.7 Å². The van der Waals surface area contributed by atoms with Crippen LogP contribution in [0.25, 0.3) is 0 Å². The van der Waals surface area contributed by atoms with Crippen LogP contribution in [0.1, 0.15) is 459 Å². The van der Waals surface area contributed by atoms with E-state index in [0.717, 1.165) is 102 Å². The molecule has 19 heteroatoms. The molecular weight excluding hydrogens is 1370 g/mol. The van der Waals surface area contributed by atoms with Crippen LogP contribution in [-0.2, 0) is 65.4 Å². The minimum atomic E-state index is -4.97. The predicted molar refractivity (Wildman–Crippen MR) is 432 cm³/mol. The summed E-state index contributed by atoms with van der Waals surface area (Å²) in [6.07, 6.45) is 69.6. The third kappa shape index (κ3) is 79.9. The number of phosphoric ester groups is 2. The number of carbonyl (C=O) groups excluding carboxylic acids is 4. The van der Waals surface area contributed by atoms with Crippen LogP contribution in [0.2, 0.25) is 0 Å². The Hall–Kier alpha value is -1.94. The molecule has 0 spiro atoms. The van der Waals surface area contributed by atoms with Crippen LogP contribution in [0.3, 0.4) is 0 Å². The zero-order chi connectivity index (χ0) is 77.1. The van der Waals surface area contributed by atoms with Crippen LogP contribution in [0.15, 0.2) is 0 Å². The lowest BCUT2D eigenvalue weighted by molar-refractivity contribution is -0.161. The molecule has 0 aromatic heterocycles. The summed E-state index contributed by atoms with van der Waals surface area (Å²) >= 11 is 0. The summed E-state index contributed by atoms with van der Waals surface area (Å²) in [5.74, 6) is -0.599. The van der Waals surface area contributed by atoms with Crippen LogP contribution in [0.5, 0.6) is 0 Å². The van der Waals surface area contributed by atoms with Crippen molar-refractivity contribution in [3.05, 3.63) is 0 Å². The van der Waals surface area contributed by atoms with Gasteiger partial charge in [-0.3, -0.25) is 37.3 Å². The lowest BCUT2D eigenvalue weighted by atomic mass is 10.0. The first-order valence-corrected chi connectivity index (χ1v) is 47.5. The third-order valence-corrected chi connectivity index (χ3v) is 22.1. The van der Waals surface area contributed by atoms with Crippen molar-refractivity contribution in [3.8, 4) is 0 Å². The molecule has 624 valence electrons. The van der Waals surface area contributed by atoms with Gasteiger partial charge in [-0.1, -0.05) is 408 Å². The number of carbonyl (C=O) groups is 4. The Bertz CT molecular complexity index is 2010. The number of aliphatic hydroxyl groups is 1. The Labute approximate surface area is 645 Å². The van der Waals surface area contributed by atoms with Gasteiger partial charge in [-0.05, 0) is 37.5 Å². The smallest absolute Gasteiger partial charge is 0.462 e. The maximum Gasteiger partial charge on any atom is 0.472 e. The third-order valence-electron chi connectivity index (χ3n) is 20.2. The molecule has 17 nitrogen and oxygen atoms in total. The van der Waals surface area contributed by atoms with E-state index in [-0.39, 0.29) is 25.7 Å². The molecule has 0 rings (SSSR count). The van der Waals surface area contributed by atoms with E-state index >= 15 is 0 Å². The second kappa shape index (κ2) is 77.4. The average Bonchev–Trinajstić information content (AvgIpc) is 0.914. The van der Waals surface area contributed by atoms with Gasteiger partial charge >= 0.3 is 39.5 Å². The largest absolute Gasteiger partial charge is 0.472 e. The molecule has 0 aliphatic heterocycles. The van der Waals surface area contributed by atoms with Gasteiger partial charge in [-0.15, -0.1) is 0 Å². The highest BCUT2D eigenvalue weighted by molar-refractivity contribution is 7.47. The summed E-state index contributed by atoms with van der Waals surface area (Å²) < 4.78 is 68.9. The second-order valence-electron chi connectivity index (χ2n) is 31.9. The van der Waals surface area contributed by atoms with Gasteiger partial charge in [0.1, 0.15) is 19.3 Å². The monoisotopic (exact) mass is 1540 g/mol. The summed E-state index contributed by atoms with van der Waals surface area (Å²) in [5, 5.41) is 10.7. The molecule has 0 saturated carbocycles. The molecule has 0 bridgehead atoms. The van der Waals surface area contributed by atoms with Gasteiger partial charge < -0.3 is 33.8 Å². The van der Waals surface area contributed by atoms with E-state index in [9.17, 15) is 43.2 Å². The molecule has 3 N–H and O–H groups in total. The summed E-state index contributed by atoms with van der Waals surface area (Å²) in [5.41, 5.74) is 0. The topological polar surface area (TPSA) is 237 Å². The zero-order valence-electron chi connectivity index (χ0n) is 69.0. The van der Waals surface area contributed by atoms with Crippen LogP contribution >= 0.6 is 15.6 Å². The van der Waals surface area contributed by atoms with E-state index in [4.69, 9.17) is 37.0 Å². The molecule has 5 atom stereocenters. The van der Waals surface area contributed by atoms with E-state index in [1.165, 1.54) is 270 Å². The van der Waals surface area contributed by atoms with Crippen molar-refractivity contribution in [1.82, 2.24) is 0 Å². The van der Waals surface area contributed by atoms with Crippen LogP contribution in [-0.4, -0.2) is 96.7 Å². The lowest BCUT2D eigenvalue weighted by Crippen LogP contribution is -2.30. The summed E-state index contributed by atoms with van der Waals surface area (Å²) in [7, 11) is -9.93. The van der Waals surface area contributed by atoms with Gasteiger partial charge in [0.15, 0.2) is 12.2 Å². The van der Waals surface area contributed by atoms with Gasteiger partial charge in [0.25, 0.3) is 0 Å². The van der Waals surface area contributed by atoms with Crippen molar-refractivity contribution >= 4 is 39.5 Å². The maximum absolute atomic E-state index is 13.1. The Morgan fingerprint density at radius 2 is 0.438 bits per heavy atom. The quantitative estimate of drug-likeness (QED) is 0.0222. The normalized spacial score (nSPS) is 13.8. The molecule has 0 aromatic rings. The van der Waals surface area contributed by atoms with E-state index in [0.29, 0.717) is 31.6 Å². The number of ether oxygens (including phenoxy) is 4. The van der Waals surface area contributed by atoms with Crippen molar-refractivity contribution in [2.45, 2.75) is 477 Å². The highest BCUT2D eigenvalue weighted by Crippen LogP contribution is 2.45. The first-order valence-electron chi connectivity index (χ1n) is 44.5. The van der Waals surface area contributed by atoms with E-state index in [1.807, 2.05) is 0 Å². The molecule has 0 amide bonds. The first-order chi connectivity index (χ1) is 50.9. The minimum Gasteiger partial charge on any atom is -0.462 e. The minimum absolute atomic E-state index is 0.108. The molecule has 0 aliphatic rings. The summed E-state index contributed by atoms with van der Waals surface area (Å²) in [4.78, 5) is 73.2. The van der Waals surface area contributed by atoms with E-state index < -0.39 is 97.5 Å². The molecule has 0 aromatic carbocycles. The van der Waals surface area contributed by atoms with Crippen LogP contribution in [0.4, 0.5) is 0 Å². The van der Waals surface area contributed by atoms with Gasteiger partial charge in [0.2, 0.25) is 0 Å². The Morgan fingerprint density at radius 3 is 0.648 bits per heavy atom. The van der Waals surface area contributed by atoms with Crippen molar-refractivity contribution in [3.63, 3.8) is 0 Å². The number of hydrogen-bond donors (Lipinski definition) is 3. The average molecular weight is 1540 g/mol. The number of unbranched alkanes of at least 4 members (excludes halogenated alkanes) is 55. The van der Waals surface area contributed by atoms with Gasteiger partial charge in [-0.25, -0.2) is 9.13 Å². The van der Waals surface area contributed by atoms with E-state index in [2.05, 4.69) is 41.5 Å². The molecule has 0 fully saturated rings. The highest BCUT2D eigenvalue weighted by atomic mass is 31.2. The molecule has 0 saturated heterocycles. The fraction of sp³-hybridized carbons (Fsp3) is 0.953. The predicted octanol–water partition coefficient (Wildman–Crippen LogP) is 26.2. The Kier molecular flexibility index (Phi) is 76.0. The SMILES string of the molecule is CCCCCCCCCCCCCCCCCCCCCCCCC(=O)O[C@H](COC(=O)CCCCCCCCCCCCCCCCC(C)C)COP(=O)(O)OC[C@@H](O)COP(=O)(O)OC[C@@H](COC(=O)CCCCCCCCCC(C)C)OC(=O)CCCCCCCCCCCCCCCCCC. The number of esters is 4. The van der Waals surface area contributed by atoms with Crippen molar-refractivity contribution < 1.29 is 80.2 Å². The van der Waals surface area contributed by atoms with Crippen molar-refractivity contribution in [2.24, 2.45) is 11.8 Å². The zero-order valence-corrected chi connectivity index (χ0v) is 70.8. The molecule has 0 radical (unpaired) electrons. The summed E-state index contributed by atoms with van der Waals surface area (Å²) in [6.45, 7) is 9.64. The number of phosphoric acid groups is 2. The highest BCUT2D eigenvalue weighted by Gasteiger charge is 2.30. The van der Waals surface area contributed by atoms with Crippen molar-refractivity contribution in [2.75, 3.05) is 39.6 Å². The fourth-order valence-corrected chi connectivity index (χ4v) is 15.0. The number of rotatable bonds is 85. The van der Waals surface area contributed by atoms with Crippen LogP contribution in [0, 0.1) is 11.8 Å².